The molecule has 0 atom stereocenters. The van der Waals surface area contributed by atoms with Crippen molar-refractivity contribution in [1.29, 1.82) is 0 Å². The van der Waals surface area contributed by atoms with Crippen LogP contribution >= 0.6 is 23.2 Å². The Balaban J connectivity index is 2.24. The highest BCUT2D eigenvalue weighted by atomic mass is 35.5. The topological polar surface area (TPSA) is 71.5 Å². The number of benzene rings is 2. The van der Waals surface area contributed by atoms with Gasteiger partial charge >= 0.3 is 5.97 Å². The molecule has 0 radical (unpaired) electrons. The van der Waals surface area contributed by atoms with E-state index in [1.165, 1.54) is 12.3 Å². The standard InChI is InChI=1S/C19H16Cl2N2O3/c1-3-26-19(25)13-9-22-17-10(2)14(21)6-5-12(17)18(13)23-15-8-11(20)4-7-16(15)24/h4-9,24H,3H2,1-2H3,(H,22,23). The van der Waals surface area contributed by atoms with Crippen LogP contribution in [-0.4, -0.2) is 22.7 Å². The monoisotopic (exact) mass is 390 g/mol. The van der Waals surface area contributed by atoms with Crippen LogP contribution in [0.1, 0.15) is 22.8 Å². The second-order valence-electron chi connectivity index (χ2n) is 5.62. The minimum absolute atomic E-state index is 0.000133. The molecular formula is C19H16Cl2N2O3. The molecule has 0 saturated carbocycles. The van der Waals surface area contributed by atoms with Crippen LogP contribution in [0, 0.1) is 6.92 Å². The Morgan fingerprint density at radius 3 is 2.77 bits per heavy atom. The van der Waals surface area contributed by atoms with Gasteiger partial charge in [0.25, 0.3) is 0 Å². The highest BCUT2D eigenvalue weighted by molar-refractivity contribution is 6.32. The summed E-state index contributed by atoms with van der Waals surface area (Å²) >= 11 is 12.2. The van der Waals surface area contributed by atoms with Crippen molar-refractivity contribution in [2.75, 3.05) is 11.9 Å². The average Bonchev–Trinajstić information content (AvgIpc) is 2.61. The highest BCUT2D eigenvalue weighted by Crippen LogP contribution is 2.36. The first-order valence-electron chi connectivity index (χ1n) is 7.92. The number of fused-ring (bicyclic) bond motifs is 1. The summed E-state index contributed by atoms with van der Waals surface area (Å²) in [7, 11) is 0. The number of aryl methyl sites for hydroxylation is 1. The molecule has 1 aromatic heterocycles. The number of hydrogen-bond acceptors (Lipinski definition) is 5. The molecule has 1 heterocycles. The molecule has 0 aliphatic heterocycles. The number of nitrogens with zero attached hydrogens (tertiary/aromatic N) is 1. The maximum absolute atomic E-state index is 12.4. The number of phenols is 1. The smallest absolute Gasteiger partial charge is 0.341 e. The molecule has 0 unspecified atom stereocenters. The number of anilines is 2. The van der Waals surface area contributed by atoms with Gasteiger partial charge in [0.1, 0.15) is 11.3 Å². The third-order valence-corrected chi connectivity index (χ3v) is 4.58. The number of aromatic hydroxyl groups is 1. The Hall–Kier alpha value is -2.50. The number of esters is 1. The third kappa shape index (κ3) is 3.41. The Morgan fingerprint density at radius 1 is 1.27 bits per heavy atom. The lowest BCUT2D eigenvalue weighted by molar-refractivity contribution is 0.0527. The zero-order chi connectivity index (χ0) is 18.8. The average molecular weight is 391 g/mol. The van der Waals surface area contributed by atoms with Crippen LogP contribution in [0.15, 0.2) is 36.5 Å². The van der Waals surface area contributed by atoms with E-state index in [0.29, 0.717) is 32.3 Å². The van der Waals surface area contributed by atoms with E-state index in [1.807, 2.05) is 6.92 Å². The molecule has 0 fully saturated rings. The van der Waals surface area contributed by atoms with E-state index in [0.717, 1.165) is 5.56 Å². The van der Waals surface area contributed by atoms with Crippen molar-refractivity contribution in [2.24, 2.45) is 0 Å². The van der Waals surface area contributed by atoms with Gasteiger partial charge in [-0.25, -0.2) is 4.79 Å². The molecule has 0 aliphatic rings. The van der Waals surface area contributed by atoms with Gasteiger partial charge in [-0.1, -0.05) is 23.2 Å². The summed E-state index contributed by atoms with van der Waals surface area (Å²) in [6, 6.07) is 8.12. The summed E-state index contributed by atoms with van der Waals surface area (Å²) < 4.78 is 5.13. The van der Waals surface area contributed by atoms with Gasteiger partial charge in [0.05, 0.1) is 23.5 Å². The van der Waals surface area contributed by atoms with Crippen molar-refractivity contribution in [1.82, 2.24) is 4.98 Å². The Bertz CT molecular complexity index is 1010. The fourth-order valence-corrected chi connectivity index (χ4v) is 2.95. The van der Waals surface area contributed by atoms with Gasteiger partial charge in [-0.2, -0.15) is 0 Å². The molecule has 26 heavy (non-hydrogen) atoms. The SMILES string of the molecule is CCOC(=O)c1cnc2c(C)c(Cl)ccc2c1Nc1cc(Cl)ccc1O. The molecule has 134 valence electrons. The van der Waals surface area contributed by atoms with E-state index < -0.39 is 5.97 Å². The van der Waals surface area contributed by atoms with Crippen molar-refractivity contribution < 1.29 is 14.6 Å². The number of nitrogens with one attached hydrogen (secondary N) is 1. The first-order valence-corrected chi connectivity index (χ1v) is 8.68. The van der Waals surface area contributed by atoms with Crippen LogP contribution in [0.5, 0.6) is 5.75 Å². The number of ether oxygens (including phenoxy) is 1. The molecule has 0 saturated heterocycles. The molecule has 7 heteroatoms. The van der Waals surface area contributed by atoms with Crippen LogP contribution in [0.2, 0.25) is 10.0 Å². The van der Waals surface area contributed by atoms with Gasteiger partial charge in [-0.05, 0) is 49.7 Å². The van der Waals surface area contributed by atoms with Crippen molar-refractivity contribution in [3.63, 3.8) is 0 Å². The lowest BCUT2D eigenvalue weighted by atomic mass is 10.1. The fraction of sp³-hybridized carbons (Fsp3) is 0.158. The molecule has 2 N–H and O–H groups in total. The number of carbonyl (C=O) groups is 1. The fourth-order valence-electron chi connectivity index (χ4n) is 2.62. The van der Waals surface area contributed by atoms with Crippen LogP contribution in [0.4, 0.5) is 11.4 Å². The molecule has 0 spiro atoms. The van der Waals surface area contributed by atoms with Gasteiger partial charge in [0.2, 0.25) is 0 Å². The summed E-state index contributed by atoms with van der Waals surface area (Å²) in [6.07, 6.45) is 1.44. The minimum atomic E-state index is -0.515. The van der Waals surface area contributed by atoms with Crippen LogP contribution in [-0.2, 0) is 4.74 Å². The number of rotatable bonds is 4. The molecule has 0 bridgehead atoms. The first kappa shape index (κ1) is 18.3. The predicted molar refractivity (Wildman–Crippen MR) is 104 cm³/mol. The lowest BCUT2D eigenvalue weighted by Gasteiger charge is -2.16. The summed E-state index contributed by atoms with van der Waals surface area (Å²) in [6.45, 7) is 3.81. The van der Waals surface area contributed by atoms with E-state index in [1.54, 1.807) is 31.2 Å². The maximum Gasteiger partial charge on any atom is 0.341 e. The van der Waals surface area contributed by atoms with E-state index in [2.05, 4.69) is 10.3 Å². The molecule has 5 nitrogen and oxygen atoms in total. The Kier molecular flexibility index (Phi) is 5.20. The van der Waals surface area contributed by atoms with Crippen LogP contribution in [0.3, 0.4) is 0 Å². The molecule has 3 rings (SSSR count). The highest BCUT2D eigenvalue weighted by Gasteiger charge is 2.19. The van der Waals surface area contributed by atoms with Gasteiger partial charge in [-0.3, -0.25) is 4.98 Å². The van der Waals surface area contributed by atoms with Crippen LogP contribution in [0.25, 0.3) is 10.9 Å². The van der Waals surface area contributed by atoms with Crippen molar-refractivity contribution in [3.8, 4) is 5.75 Å². The number of carbonyl (C=O) groups excluding carboxylic acids is 1. The van der Waals surface area contributed by atoms with E-state index in [9.17, 15) is 9.90 Å². The number of hydrogen-bond donors (Lipinski definition) is 2. The van der Waals surface area contributed by atoms with Gasteiger partial charge < -0.3 is 15.2 Å². The van der Waals surface area contributed by atoms with Crippen molar-refractivity contribution in [2.45, 2.75) is 13.8 Å². The van der Waals surface area contributed by atoms with Crippen molar-refractivity contribution in [3.05, 3.63) is 57.7 Å². The van der Waals surface area contributed by atoms with Gasteiger partial charge in [-0.15, -0.1) is 0 Å². The second-order valence-corrected chi connectivity index (χ2v) is 6.47. The third-order valence-electron chi connectivity index (χ3n) is 3.94. The van der Waals surface area contributed by atoms with Gasteiger partial charge in [0, 0.05) is 21.6 Å². The Labute approximate surface area is 160 Å². The number of aromatic nitrogens is 1. The zero-order valence-corrected chi connectivity index (χ0v) is 15.6. The second kappa shape index (κ2) is 7.40. The van der Waals surface area contributed by atoms with Gasteiger partial charge in [0.15, 0.2) is 0 Å². The zero-order valence-electron chi connectivity index (χ0n) is 14.1. The summed E-state index contributed by atoms with van der Waals surface area (Å²) in [5, 5.41) is 14.9. The molecule has 2 aromatic carbocycles. The van der Waals surface area contributed by atoms with Crippen LogP contribution < -0.4 is 5.32 Å². The van der Waals surface area contributed by atoms with E-state index in [4.69, 9.17) is 27.9 Å². The summed E-state index contributed by atoms with van der Waals surface area (Å²) in [5.74, 6) is -0.515. The van der Waals surface area contributed by atoms with E-state index >= 15 is 0 Å². The Morgan fingerprint density at radius 2 is 2.04 bits per heavy atom. The number of pyridine rings is 1. The quantitative estimate of drug-likeness (QED) is 0.456. The molecule has 0 aliphatic carbocycles. The van der Waals surface area contributed by atoms with E-state index in [-0.39, 0.29) is 17.9 Å². The lowest BCUT2D eigenvalue weighted by Crippen LogP contribution is -2.09. The summed E-state index contributed by atoms with van der Waals surface area (Å²) in [4.78, 5) is 16.8. The normalized spacial score (nSPS) is 10.8. The maximum atomic E-state index is 12.4. The number of halogens is 2. The number of phenolic OH excluding ortho intramolecular Hbond substituents is 1. The largest absolute Gasteiger partial charge is 0.506 e. The minimum Gasteiger partial charge on any atom is -0.506 e. The predicted octanol–water partition coefficient (Wildman–Crippen LogP) is 5.48. The molecular weight excluding hydrogens is 375 g/mol. The van der Waals surface area contributed by atoms with Crippen molar-refractivity contribution >= 4 is 51.4 Å². The first-order chi connectivity index (χ1) is 12.4. The molecule has 3 aromatic rings. The molecule has 0 amide bonds. The summed E-state index contributed by atoms with van der Waals surface area (Å²) in [5.41, 5.74) is 2.52.